The lowest BCUT2D eigenvalue weighted by Crippen LogP contribution is -2.25. The summed E-state index contributed by atoms with van der Waals surface area (Å²) in [5, 5.41) is 9.06. The number of hydrogen-bond acceptors (Lipinski definition) is 4. The molecule has 0 unspecified atom stereocenters. The molecular weight excluding hydrogens is 327 g/mol. The van der Waals surface area contributed by atoms with Gasteiger partial charge in [-0.1, -0.05) is 12.1 Å². The second kappa shape index (κ2) is 7.27. The number of H-pyrrole nitrogens is 1. The van der Waals surface area contributed by atoms with Crippen LogP contribution in [0.1, 0.15) is 15.9 Å². The molecule has 0 aromatic heterocycles. The minimum Gasteiger partial charge on any atom is -0.383 e. The molecule has 0 saturated carbocycles. The number of aromatic amines is 1. The average Bonchev–Trinajstić information content (AvgIpc) is 2.99. The van der Waals surface area contributed by atoms with Crippen molar-refractivity contribution in [2.24, 2.45) is 0 Å². The Hall–Kier alpha value is -3.00. The maximum absolute atomic E-state index is 12.9. The Morgan fingerprint density at radius 2 is 2.08 bits per heavy atom. The number of fused-ring (bicyclic) bond motifs is 1. The number of pyridine rings is 1. The van der Waals surface area contributed by atoms with Crippen LogP contribution < -0.4 is 10.9 Å². The van der Waals surface area contributed by atoms with Gasteiger partial charge in [0.1, 0.15) is 11.5 Å². The largest absolute Gasteiger partial charge is 0.383 e. The molecule has 0 aliphatic carbocycles. The summed E-state index contributed by atoms with van der Waals surface area (Å²) in [6, 6.07) is 5.86. The number of amides is 1. The molecule has 0 spiro atoms. The van der Waals surface area contributed by atoms with E-state index in [-0.39, 0.29) is 29.4 Å². The number of nitrogens with one attached hydrogen (secondary N) is 2. The zero-order valence-corrected chi connectivity index (χ0v) is 13.6. The number of hydrogen-bond donors (Lipinski definition) is 2. The molecule has 130 valence electrons. The Labute approximate surface area is 142 Å². The van der Waals surface area contributed by atoms with Crippen molar-refractivity contribution < 1.29 is 13.9 Å². The smallest absolute Gasteiger partial charge is 0.275 e. The molecule has 0 radical (unpaired) electrons. The summed E-state index contributed by atoms with van der Waals surface area (Å²) in [5.74, 6) is -0.703. The molecule has 0 fully saturated rings. The van der Waals surface area contributed by atoms with Crippen molar-refractivity contribution in [1.82, 2.24) is 20.1 Å². The Balaban J connectivity index is 1.83. The van der Waals surface area contributed by atoms with Crippen molar-refractivity contribution in [1.29, 1.82) is 0 Å². The molecule has 0 atom stereocenters. The van der Waals surface area contributed by atoms with E-state index in [0.29, 0.717) is 24.4 Å². The Morgan fingerprint density at radius 3 is 2.80 bits per heavy atom. The van der Waals surface area contributed by atoms with E-state index in [1.165, 1.54) is 12.1 Å². The van der Waals surface area contributed by atoms with Gasteiger partial charge in [-0.15, -0.1) is 0 Å². The zero-order valence-electron chi connectivity index (χ0n) is 13.6. The molecule has 1 aromatic carbocycles. The van der Waals surface area contributed by atoms with Gasteiger partial charge < -0.3 is 14.6 Å². The van der Waals surface area contributed by atoms with Gasteiger partial charge in [-0.2, -0.15) is 5.10 Å². The maximum atomic E-state index is 12.9. The monoisotopic (exact) mass is 344 g/mol. The highest BCUT2D eigenvalue weighted by molar-refractivity contribution is 5.99. The molecule has 0 bridgehead atoms. The van der Waals surface area contributed by atoms with Crippen molar-refractivity contribution in [2.75, 3.05) is 13.7 Å². The van der Waals surface area contributed by atoms with Crippen LogP contribution in [0.2, 0.25) is 0 Å². The number of rotatable bonds is 6. The summed E-state index contributed by atoms with van der Waals surface area (Å²) in [4.78, 5) is 24.4. The van der Waals surface area contributed by atoms with Crippen molar-refractivity contribution in [2.45, 2.75) is 13.1 Å². The third-order valence-electron chi connectivity index (χ3n) is 3.78. The van der Waals surface area contributed by atoms with Gasteiger partial charge in [0, 0.05) is 32.6 Å². The lowest BCUT2D eigenvalue weighted by Gasteiger charge is -2.12. The first-order chi connectivity index (χ1) is 12.1. The third-order valence-corrected chi connectivity index (χ3v) is 3.78. The number of aromatic nitrogens is 3. The van der Waals surface area contributed by atoms with Crippen LogP contribution in [0, 0.1) is 5.82 Å². The predicted octanol–water partition coefficient (Wildman–Crippen LogP) is 1.39. The molecule has 8 heteroatoms. The van der Waals surface area contributed by atoms with E-state index in [4.69, 9.17) is 4.74 Å². The SMILES string of the molecule is COCCn1cc(C(=O)NCc2ccc(F)cc2)c2n[nH]c(=O)c-2c1. The minimum absolute atomic E-state index is 0.238. The Morgan fingerprint density at radius 1 is 1.32 bits per heavy atom. The quantitative estimate of drug-likeness (QED) is 0.707. The van der Waals surface area contributed by atoms with E-state index in [0.717, 1.165) is 5.56 Å². The molecule has 3 rings (SSSR count). The van der Waals surface area contributed by atoms with Crippen LogP contribution in [0.25, 0.3) is 11.3 Å². The molecule has 0 saturated heterocycles. The molecule has 2 aliphatic rings. The summed E-state index contributed by atoms with van der Waals surface area (Å²) < 4.78 is 19.7. The van der Waals surface area contributed by atoms with Crippen LogP contribution in [0.3, 0.4) is 0 Å². The normalized spacial score (nSPS) is 11.0. The minimum atomic E-state index is -0.368. The highest BCUT2D eigenvalue weighted by Crippen LogP contribution is 2.20. The fourth-order valence-corrected chi connectivity index (χ4v) is 2.46. The van der Waals surface area contributed by atoms with Gasteiger partial charge in [-0.05, 0) is 17.7 Å². The van der Waals surface area contributed by atoms with E-state index in [2.05, 4.69) is 15.5 Å². The topological polar surface area (TPSA) is 89.0 Å². The molecule has 25 heavy (non-hydrogen) atoms. The number of benzene rings is 1. The lowest BCUT2D eigenvalue weighted by atomic mass is 10.1. The van der Waals surface area contributed by atoms with E-state index >= 15 is 0 Å². The van der Waals surface area contributed by atoms with Crippen molar-refractivity contribution in [3.8, 4) is 11.3 Å². The third kappa shape index (κ3) is 3.74. The Bertz CT molecular complexity index is 901. The van der Waals surface area contributed by atoms with Crippen LogP contribution >= 0.6 is 0 Å². The lowest BCUT2D eigenvalue weighted by molar-refractivity contribution is 0.0950. The van der Waals surface area contributed by atoms with Crippen LogP contribution in [0.5, 0.6) is 0 Å². The van der Waals surface area contributed by atoms with Crippen LogP contribution in [0.15, 0.2) is 41.5 Å². The fraction of sp³-hybridized carbons (Fsp3) is 0.235. The van der Waals surface area contributed by atoms with Gasteiger partial charge in [0.25, 0.3) is 11.5 Å². The Kier molecular flexibility index (Phi) is 4.90. The fourth-order valence-electron chi connectivity index (χ4n) is 2.46. The second-order valence-electron chi connectivity index (χ2n) is 5.53. The average molecular weight is 344 g/mol. The van der Waals surface area contributed by atoms with Gasteiger partial charge in [-0.25, -0.2) is 9.49 Å². The summed E-state index contributed by atoms with van der Waals surface area (Å²) in [6.07, 6.45) is 3.26. The van der Waals surface area contributed by atoms with E-state index in [1.807, 2.05) is 0 Å². The summed E-state index contributed by atoms with van der Waals surface area (Å²) >= 11 is 0. The molecule has 2 heterocycles. The summed E-state index contributed by atoms with van der Waals surface area (Å²) in [6.45, 7) is 1.18. The number of ether oxygens (including phenoxy) is 1. The standard InChI is InChI=1S/C17H17FN4O3/c1-25-7-6-22-9-13(15-14(10-22)17(24)21-20-15)16(23)19-8-11-2-4-12(18)5-3-11/h2-5,9-10H,6-8H2,1H3,(H,19,23)(H,21,24). The van der Waals surface area contributed by atoms with Gasteiger partial charge in [0.15, 0.2) is 0 Å². The van der Waals surface area contributed by atoms with E-state index in [1.54, 1.807) is 36.2 Å². The van der Waals surface area contributed by atoms with Crippen LogP contribution in [-0.4, -0.2) is 34.4 Å². The number of halogens is 1. The first kappa shape index (κ1) is 16.8. The van der Waals surface area contributed by atoms with Crippen LogP contribution in [0.4, 0.5) is 4.39 Å². The summed E-state index contributed by atoms with van der Waals surface area (Å²) in [5.41, 5.74) is 1.35. The number of carbonyl (C=O) groups is 1. The van der Waals surface area contributed by atoms with Crippen LogP contribution in [-0.2, 0) is 17.8 Å². The van der Waals surface area contributed by atoms with Crippen molar-refractivity contribution in [3.63, 3.8) is 0 Å². The first-order valence-corrected chi connectivity index (χ1v) is 7.68. The number of carbonyl (C=O) groups excluding carboxylic acids is 1. The predicted molar refractivity (Wildman–Crippen MR) is 88.9 cm³/mol. The molecule has 7 nitrogen and oxygen atoms in total. The highest BCUT2D eigenvalue weighted by atomic mass is 19.1. The zero-order chi connectivity index (χ0) is 17.8. The molecule has 2 N–H and O–H groups in total. The van der Waals surface area contributed by atoms with E-state index in [9.17, 15) is 14.0 Å². The molecule has 1 aromatic rings. The molecule has 1 amide bonds. The van der Waals surface area contributed by atoms with Gasteiger partial charge in [0.2, 0.25) is 0 Å². The highest BCUT2D eigenvalue weighted by Gasteiger charge is 2.21. The van der Waals surface area contributed by atoms with Gasteiger partial charge in [0.05, 0.1) is 17.7 Å². The summed E-state index contributed by atoms with van der Waals surface area (Å²) in [7, 11) is 1.58. The molecule has 2 aliphatic heterocycles. The number of nitrogens with zero attached hydrogens (tertiary/aromatic N) is 2. The maximum Gasteiger partial charge on any atom is 0.275 e. The number of methoxy groups -OCH3 is 1. The van der Waals surface area contributed by atoms with Gasteiger partial charge >= 0.3 is 0 Å². The van der Waals surface area contributed by atoms with Crippen molar-refractivity contribution >= 4 is 5.91 Å². The first-order valence-electron chi connectivity index (χ1n) is 7.68. The second-order valence-corrected chi connectivity index (χ2v) is 5.53. The van der Waals surface area contributed by atoms with Gasteiger partial charge in [-0.3, -0.25) is 9.59 Å². The molecular formula is C17H17FN4O3. The van der Waals surface area contributed by atoms with E-state index < -0.39 is 0 Å². The van der Waals surface area contributed by atoms with Crippen molar-refractivity contribution in [3.05, 3.63) is 64.0 Å².